The molecule has 10 atom stereocenters. The number of carbonyl (C=O) groups excluding carboxylic acids is 1. The Morgan fingerprint density at radius 1 is 1.19 bits per heavy atom. The van der Waals surface area contributed by atoms with Crippen LogP contribution in [0.3, 0.4) is 0 Å². The van der Waals surface area contributed by atoms with Crippen molar-refractivity contribution in [1.29, 1.82) is 0 Å². The number of aliphatic hydroxyl groups excluding tert-OH is 2. The lowest BCUT2D eigenvalue weighted by molar-refractivity contribution is -0.556. The molecule has 142 valence electrons. The third-order valence-corrected chi connectivity index (χ3v) is 9.14. The molecule has 2 spiro atoms. The minimum Gasteiger partial charge on any atom is -0.392 e. The molecule has 4 aliphatic heterocycles. The van der Waals surface area contributed by atoms with Crippen molar-refractivity contribution in [1.82, 2.24) is 0 Å². The zero-order valence-corrected chi connectivity index (χ0v) is 15.1. The van der Waals surface area contributed by atoms with Gasteiger partial charge >= 0.3 is 0 Å². The molecular weight excluding hydrogens is 336 g/mol. The van der Waals surface area contributed by atoms with E-state index in [1.807, 2.05) is 0 Å². The Morgan fingerprint density at radius 2 is 1.92 bits per heavy atom. The van der Waals surface area contributed by atoms with Gasteiger partial charge in [-0.25, -0.2) is 0 Å². The van der Waals surface area contributed by atoms with Crippen LogP contribution in [0.4, 0.5) is 0 Å². The number of hydrogen-bond donors (Lipinski definition) is 3. The van der Waals surface area contributed by atoms with Gasteiger partial charge in [-0.1, -0.05) is 20.4 Å². The van der Waals surface area contributed by atoms with E-state index in [4.69, 9.17) is 9.47 Å². The van der Waals surface area contributed by atoms with Gasteiger partial charge in [0.25, 0.3) is 0 Å². The molecule has 0 radical (unpaired) electrons. The van der Waals surface area contributed by atoms with E-state index in [1.54, 1.807) is 0 Å². The first-order valence-electron chi connectivity index (χ1n) is 9.80. The monoisotopic (exact) mass is 362 g/mol. The summed E-state index contributed by atoms with van der Waals surface area (Å²) in [6.45, 7) is 8.14. The van der Waals surface area contributed by atoms with E-state index in [0.29, 0.717) is 18.4 Å². The van der Waals surface area contributed by atoms with Crippen LogP contribution >= 0.6 is 0 Å². The van der Waals surface area contributed by atoms with Gasteiger partial charge in [0.2, 0.25) is 5.79 Å². The van der Waals surface area contributed by atoms with Gasteiger partial charge in [0, 0.05) is 11.8 Å². The maximum absolute atomic E-state index is 13.4. The summed E-state index contributed by atoms with van der Waals surface area (Å²) in [4.78, 5) is 13.4. The van der Waals surface area contributed by atoms with E-state index in [2.05, 4.69) is 20.4 Å². The molecule has 8 rings (SSSR count). The lowest BCUT2D eigenvalue weighted by Crippen LogP contribution is -2.91. The molecule has 8 aliphatic rings. The normalized spacial score (nSPS) is 64.0. The van der Waals surface area contributed by atoms with Gasteiger partial charge in [0.05, 0.1) is 17.6 Å². The summed E-state index contributed by atoms with van der Waals surface area (Å²) in [5.74, 6) is -2.99. The molecule has 4 saturated heterocycles. The summed E-state index contributed by atoms with van der Waals surface area (Å²) < 4.78 is 12.3. The van der Waals surface area contributed by atoms with Crippen molar-refractivity contribution < 1.29 is 29.6 Å². The van der Waals surface area contributed by atoms with Gasteiger partial charge in [-0.05, 0) is 42.6 Å². The van der Waals surface area contributed by atoms with Gasteiger partial charge in [-0.3, -0.25) is 4.79 Å². The van der Waals surface area contributed by atoms with Crippen LogP contribution in [-0.2, 0) is 14.3 Å². The highest BCUT2D eigenvalue weighted by atomic mass is 16.8. The van der Waals surface area contributed by atoms with Crippen LogP contribution < -0.4 is 0 Å². The number of rotatable bonds is 0. The first kappa shape index (κ1) is 16.2. The fourth-order valence-electron chi connectivity index (χ4n) is 8.38. The first-order chi connectivity index (χ1) is 12.1. The maximum Gasteiger partial charge on any atom is 0.211 e. The molecule has 4 saturated carbocycles. The Bertz CT molecular complexity index is 761. The third kappa shape index (κ3) is 1.19. The van der Waals surface area contributed by atoms with Crippen molar-refractivity contribution in [3.63, 3.8) is 0 Å². The summed E-state index contributed by atoms with van der Waals surface area (Å²) in [5, 5.41) is 34.3. The minimum absolute atomic E-state index is 0.133. The van der Waals surface area contributed by atoms with Crippen molar-refractivity contribution in [3.8, 4) is 0 Å². The third-order valence-electron chi connectivity index (χ3n) is 9.14. The highest BCUT2D eigenvalue weighted by Crippen LogP contribution is 2.81. The molecular formula is C20H26O6. The van der Waals surface area contributed by atoms with Crippen molar-refractivity contribution in [2.24, 2.45) is 34.0 Å². The molecule has 0 amide bonds. The summed E-state index contributed by atoms with van der Waals surface area (Å²) >= 11 is 0. The van der Waals surface area contributed by atoms with Crippen LogP contribution in [0.5, 0.6) is 0 Å². The topological polar surface area (TPSA) is 96.2 Å². The maximum atomic E-state index is 13.4. The quantitative estimate of drug-likeness (QED) is 0.550. The van der Waals surface area contributed by atoms with Crippen LogP contribution in [0.2, 0.25) is 0 Å². The fourth-order valence-corrected chi connectivity index (χ4v) is 8.38. The molecule has 0 aromatic carbocycles. The second kappa shape index (κ2) is 4.13. The SMILES string of the molecule is C=C1C(=O)C23C4OC5OC2(O)C(O)C2C(C)(C)CCC(O)C52C3CCC14. The summed E-state index contributed by atoms with van der Waals surface area (Å²) in [6, 6.07) is 0. The van der Waals surface area contributed by atoms with Crippen molar-refractivity contribution in [2.75, 3.05) is 0 Å². The smallest absolute Gasteiger partial charge is 0.211 e. The van der Waals surface area contributed by atoms with E-state index < -0.39 is 47.1 Å². The lowest BCUT2D eigenvalue weighted by Gasteiger charge is -2.79. The van der Waals surface area contributed by atoms with Gasteiger partial charge in [0.1, 0.15) is 11.5 Å². The van der Waals surface area contributed by atoms with Gasteiger partial charge in [0.15, 0.2) is 12.1 Å². The van der Waals surface area contributed by atoms with Crippen molar-refractivity contribution in [3.05, 3.63) is 12.2 Å². The molecule has 10 unspecified atom stereocenters. The number of ether oxygens (including phenoxy) is 2. The van der Waals surface area contributed by atoms with Crippen LogP contribution in [0.25, 0.3) is 0 Å². The predicted molar refractivity (Wildman–Crippen MR) is 88.4 cm³/mol. The molecule has 6 heteroatoms. The molecule has 3 N–H and O–H groups in total. The molecule has 4 heterocycles. The molecule has 4 aliphatic carbocycles. The average Bonchev–Trinajstić information content (AvgIpc) is 2.71. The van der Waals surface area contributed by atoms with E-state index in [0.717, 1.165) is 12.8 Å². The highest BCUT2D eigenvalue weighted by molar-refractivity contribution is 6.05. The van der Waals surface area contributed by atoms with Gasteiger partial charge in [-0.15, -0.1) is 0 Å². The van der Waals surface area contributed by atoms with E-state index in [-0.39, 0.29) is 23.0 Å². The predicted octanol–water partition coefficient (Wildman–Crippen LogP) is 0.740. The second-order valence-electron chi connectivity index (χ2n) is 10.1. The van der Waals surface area contributed by atoms with E-state index in [1.165, 1.54) is 0 Å². The van der Waals surface area contributed by atoms with Crippen LogP contribution in [0.15, 0.2) is 12.2 Å². The number of Topliss-reactive ketones (excluding diaryl/α,β-unsaturated/α-hetero) is 1. The highest BCUT2D eigenvalue weighted by Gasteiger charge is 2.92. The Kier molecular flexibility index (Phi) is 2.57. The zero-order valence-electron chi connectivity index (χ0n) is 15.1. The Labute approximate surface area is 152 Å². The van der Waals surface area contributed by atoms with E-state index >= 15 is 0 Å². The summed E-state index contributed by atoms with van der Waals surface area (Å²) in [5.41, 5.74) is -2.03. The van der Waals surface area contributed by atoms with Crippen LogP contribution in [-0.4, -0.2) is 51.5 Å². The molecule has 26 heavy (non-hydrogen) atoms. The van der Waals surface area contributed by atoms with Crippen LogP contribution in [0, 0.1) is 34.0 Å². The first-order valence-corrected chi connectivity index (χ1v) is 9.80. The fraction of sp³-hybridized carbons (Fsp3) is 0.850. The largest absolute Gasteiger partial charge is 0.392 e. The number of carbonyl (C=O) groups is 1. The standard InChI is InChI=1S/C20H26O6/c1-8-9-4-5-10-18-11(21)6-7-17(2,3)12(18)14(23)20(24)19(10,13(8)22)15(9)25-16(18)26-20/h9-12,14-16,21,23-24H,1,4-7H2,2-3H3. The van der Waals surface area contributed by atoms with Crippen molar-refractivity contribution in [2.45, 2.75) is 69.9 Å². The second-order valence-corrected chi connectivity index (χ2v) is 10.1. The number of aliphatic hydroxyl groups is 3. The molecule has 8 fully saturated rings. The van der Waals surface area contributed by atoms with Gasteiger partial charge < -0.3 is 24.8 Å². The molecule has 0 aromatic heterocycles. The zero-order chi connectivity index (χ0) is 18.4. The lowest BCUT2D eigenvalue weighted by atomic mass is 9.34. The molecule has 0 aromatic rings. The van der Waals surface area contributed by atoms with E-state index in [9.17, 15) is 20.1 Å². The van der Waals surface area contributed by atoms with Crippen LogP contribution in [0.1, 0.15) is 39.5 Å². The molecule has 7 bridgehead atoms. The Balaban J connectivity index is 1.70. The van der Waals surface area contributed by atoms with Crippen molar-refractivity contribution >= 4 is 5.78 Å². The summed E-state index contributed by atoms with van der Waals surface area (Å²) in [7, 11) is 0. The Hall–Kier alpha value is -0.790. The summed E-state index contributed by atoms with van der Waals surface area (Å²) in [6.07, 6.45) is -0.473. The average molecular weight is 362 g/mol. The Morgan fingerprint density at radius 3 is 2.65 bits per heavy atom. The number of hydrogen-bond acceptors (Lipinski definition) is 6. The van der Waals surface area contributed by atoms with Gasteiger partial charge in [-0.2, -0.15) is 0 Å². The number of ketones is 1. The molecule has 6 nitrogen and oxygen atoms in total. The minimum atomic E-state index is -1.97.